The predicted molar refractivity (Wildman–Crippen MR) is 79.7 cm³/mol. The summed E-state index contributed by atoms with van der Waals surface area (Å²) in [6.45, 7) is -0.328. The van der Waals surface area contributed by atoms with Gasteiger partial charge in [-0.25, -0.2) is 4.79 Å². The number of rotatable bonds is 5. The summed E-state index contributed by atoms with van der Waals surface area (Å²) in [4.78, 5) is 31.9. The molecule has 0 unspecified atom stereocenters. The van der Waals surface area contributed by atoms with E-state index in [-0.39, 0.29) is 17.7 Å². The zero-order valence-corrected chi connectivity index (χ0v) is 11.7. The van der Waals surface area contributed by atoms with Crippen LogP contribution in [0.4, 0.5) is 17.1 Å². The summed E-state index contributed by atoms with van der Waals surface area (Å²) in [5.41, 5.74) is 5.49. The third kappa shape index (κ3) is 4.00. The minimum Gasteiger partial charge on any atom is -0.457 e. The molecular formula is C14H11N3O6. The molecule has 0 bridgehead atoms. The molecule has 9 heteroatoms. The highest BCUT2D eigenvalue weighted by molar-refractivity contribution is 5.89. The molecular weight excluding hydrogens is 306 g/mol. The number of nitrogens with two attached hydrogens (primary N) is 1. The van der Waals surface area contributed by atoms with Crippen LogP contribution < -0.4 is 5.73 Å². The van der Waals surface area contributed by atoms with Crippen molar-refractivity contribution in [3.05, 3.63) is 73.8 Å². The van der Waals surface area contributed by atoms with Crippen LogP contribution in [0.15, 0.2) is 42.5 Å². The number of nitro groups is 2. The van der Waals surface area contributed by atoms with Crippen LogP contribution in [0.5, 0.6) is 0 Å². The molecule has 23 heavy (non-hydrogen) atoms. The first-order valence-electron chi connectivity index (χ1n) is 6.32. The van der Waals surface area contributed by atoms with Crippen molar-refractivity contribution < 1.29 is 19.4 Å². The maximum atomic E-state index is 11.8. The fourth-order valence-electron chi connectivity index (χ4n) is 1.80. The van der Waals surface area contributed by atoms with Gasteiger partial charge in [0.25, 0.3) is 11.4 Å². The zero-order valence-electron chi connectivity index (χ0n) is 11.7. The van der Waals surface area contributed by atoms with Crippen LogP contribution in [0.2, 0.25) is 0 Å². The second-order valence-electron chi connectivity index (χ2n) is 4.57. The van der Waals surface area contributed by atoms with Gasteiger partial charge in [-0.2, -0.15) is 0 Å². The van der Waals surface area contributed by atoms with E-state index in [9.17, 15) is 25.0 Å². The Bertz CT molecular complexity index is 740. The van der Waals surface area contributed by atoms with Crippen molar-refractivity contribution in [2.75, 3.05) is 5.73 Å². The van der Waals surface area contributed by atoms with Crippen LogP contribution in [-0.4, -0.2) is 15.8 Å². The number of carbonyl (C=O) groups is 1. The third-order valence-corrected chi connectivity index (χ3v) is 2.90. The predicted octanol–water partition coefficient (Wildman–Crippen LogP) is 2.44. The van der Waals surface area contributed by atoms with Gasteiger partial charge in [0.05, 0.1) is 21.5 Å². The van der Waals surface area contributed by atoms with E-state index >= 15 is 0 Å². The number of ether oxygens (including phenoxy) is 1. The van der Waals surface area contributed by atoms with Crippen molar-refractivity contribution in [1.29, 1.82) is 0 Å². The zero-order chi connectivity index (χ0) is 17.0. The van der Waals surface area contributed by atoms with Crippen molar-refractivity contribution in [2.45, 2.75) is 6.61 Å². The van der Waals surface area contributed by atoms with E-state index in [1.165, 1.54) is 24.3 Å². The first-order chi connectivity index (χ1) is 10.9. The lowest BCUT2D eigenvalue weighted by Gasteiger charge is -2.05. The monoisotopic (exact) mass is 317 g/mol. The molecule has 0 saturated heterocycles. The van der Waals surface area contributed by atoms with Crippen LogP contribution in [0, 0.1) is 20.2 Å². The standard InChI is InChI=1S/C14H11N3O6/c15-11-3-1-10(2-4-11)14(18)23-8-9-5-12(16(19)20)7-13(6-9)17(21)22/h1-7H,8,15H2. The molecule has 0 saturated carbocycles. The lowest BCUT2D eigenvalue weighted by Crippen LogP contribution is -2.06. The SMILES string of the molecule is Nc1ccc(C(=O)OCc2cc([N+](=O)[O-])cc([N+](=O)[O-])c2)cc1. The normalized spacial score (nSPS) is 10.1. The number of anilines is 1. The molecule has 0 aromatic heterocycles. The molecule has 2 rings (SSSR count). The molecule has 2 aromatic rings. The summed E-state index contributed by atoms with van der Waals surface area (Å²) in [6, 6.07) is 9.04. The fourth-order valence-corrected chi connectivity index (χ4v) is 1.80. The van der Waals surface area contributed by atoms with Crippen molar-refractivity contribution >= 4 is 23.0 Å². The average molecular weight is 317 g/mol. The van der Waals surface area contributed by atoms with Crippen LogP contribution in [0.25, 0.3) is 0 Å². The number of hydrogen-bond donors (Lipinski definition) is 1. The highest BCUT2D eigenvalue weighted by atomic mass is 16.6. The summed E-state index contributed by atoms with van der Waals surface area (Å²) >= 11 is 0. The number of nitrogens with zero attached hydrogens (tertiary/aromatic N) is 2. The third-order valence-electron chi connectivity index (χ3n) is 2.90. The molecule has 0 radical (unpaired) electrons. The summed E-state index contributed by atoms with van der Waals surface area (Å²) in [6.07, 6.45) is 0. The van der Waals surface area contributed by atoms with E-state index < -0.39 is 27.2 Å². The van der Waals surface area contributed by atoms with E-state index in [1.54, 1.807) is 0 Å². The van der Waals surface area contributed by atoms with Crippen molar-refractivity contribution in [3.63, 3.8) is 0 Å². The average Bonchev–Trinajstić information content (AvgIpc) is 2.52. The maximum Gasteiger partial charge on any atom is 0.338 e. The quantitative estimate of drug-likeness (QED) is 0.386. The number of benzene rings is 2. The first-order valence-corrected chi connectivity index (χ1v) is 6.32. The van der Waals surface area contributed by atoms with Gasteiger partial charge in [0.15, 0.2) is 0 Å². The van der Waals surface area contributed by atoms with E-state index in [0.29, 0.717) is 5.69 Å². The number of hydrogen-bond acceptors (Lipinski definition) is 7. The van der Waals surface area contributed by atoms with Gasteiger partial charge < -0.3 is 10.5 Å². The summed E-state index contributed by atoms with van der Waals surface area (Å²) < 4.78 is 5.00. The van der Waals surface area contributed by atoms with Crippen LogP contribution >= 0.6 is 0 Å². The lowest BCUT2D eigenvalue weighted by atomic mass is 10.2. The lowest BCUT2D eigenvalue weighted by molar-refractivity contribution is -0.394. The van der Waals surface area contributed by atoms with Crippen molar-refractivity contribution in [3.8, 4) is 0 Å². The van der Waals surface area contributed by atoms with Gasteiger partial charge in [0, 0.05) is 23.4 Å². The Labute approximate surface area is 129 Å². The Morgan fingerprint density at radius 1 is 1.00 bits per heavy atom. The molecule has 2 aromatic carbocycles. The first kappa shape index (κ1) is 15.9. The number of nitrogen functional groups attached to an aromatic ring is 1. The number of esters is 1. The molecule has 0 spiro atoms. The second kappa shape index (κ2) is 6.52. The van der Waals surface area contributed by atoms with E-state index in [1.807, 2.05) is 0 Å². The van der Waals surface area contributed by atoms with Crippen molar-refractivity contribution in [1.82, 2.24) is 0 Å². The van der Waals surface area contributed by atoms with Gasteiger partial charge in [0.1, 0.15) is 6.61 Å². The second-order valence-corrected chi connectivity index (χ2v) is 4.57. The minimum atomic E-state index is -0.752. The van der Waals surface area contributed by atoms with Crippen molar-refractivity contribution in [2.24, 2.45) is 0 Å². The van der Waals surface area contributed by atoms with Crippen LogP contribution in [0.1, 0.15) is 15.9 Å². The number of carbonyl (C=O) groups excluding carboxylic acids is 1. The Morgan fingerprint density at radius 2 is 1.52 bits per heavy atom. The fraction of sp³-hybridized carbons (Fsp3) is 0.0714. The molecule has 118 valence electrons. The van der Waals surface area contributed by atoms with E-state index in [0.717, 1.165) is 18.2 Å². The van der Waals surface area contributed by atoms with Crippen LogP contribution in [0.3, 0.4) is 0 Å². The van der Waals surface area contributed by atoms with Crippen LogP contribution in [-0.2, 0) is 11.3 Å². The van der Waals surface area contributed by atoms with E-state index in [4.69, 9.17) is 10.5 Å². The van der Waals surface area contributed by atoms with Gasteiger partial charge in [-0.15, -0.1) is 0 Å². The molecule has 0 aliphatic rings. The molecule has 0 heterocycles. The summed E-state index contributed by atoms with van der Waals surface area (Å²) in [5.74, 6) is -0.667. The number of nitro benzene ring substituents is 2. The largest absolute Gasteiger partial charge is 0.457 e. The Hall–Kier alpha value is -3.49. The van der Waals surface area contributed by atoms with Gasteiger partial charge in [-0.3, -0.25) is 20.2 Å². The molecule has 0 amide bonds. The highest BCUT2D eigenvalue weighted by Gasteiger charge is 2.17. The van der Waals surface area contributed by atoms with Gasteiger partial charge >= 0.3 is 5.97 Å². The van der Waals surface area contributed by atoms with Gasteiger partial charge in [-0.1, -0.05) is 0 Å². The number of non-ortho nitro benzene ring substituents is 2. The highest BCUT2D eigenvalue weighted by Crippen LogP contribution is 2.23. The van der Waals surface area contributed by atoms with Gasteiger partial charge in [0.2, 0.25) is 0 Å². The summed E-state index contributed by atoms with van der Waals surface area (Å²) in [7, 11) is 0. The molecule has 2 N–H and O–H groups in total. The molecule has 9 nitrogen and oxygen atoms in total. The Balaban J connectivity index is 2.16. The topological polar surface area (TPSA) is 139 Å². The minimum absolute atomic E-state index is 0.148. The molecule has 0 atom stereocenters. The smallest absolute Gasteiger partial charge is 0.338 e. The Kier molecular flexibility index (Phi) is 4.50. The molecule has 0 aliphatic carbocycles. The Morgan fingerprint density at radius 3 is 2.00 bits per heavy atom. The molecule has 0 aliphatic heterocycles. The van der Waals surface area contributed by atoms with Gasteiger partial charge in [-0.05, 0) is 24.3 Å². The molecule has 0 fully saturated rings. The maximum absolute atomic E-state index is 11.8. The van der Waals surface area contributed by atoms with E-state index in [2.05, 4.69) is 0 Å². The summed E-state index contributed by atoms with van der Waals surface area (Å²) in [5, 5.41) is 21.6.